The van der Waals surface area contributed by atoms with Crippen LogP contribution in [-0.4, -0.2) is 57.1 Å². The van der Waals surface area contributed by atoms with Crippen LogP contribution in [0.3, 0.4) is 0 Å². The van der Waals surface area contributed by atoms with Gasteiger partial charge < -0.3 is 20.3 Å². The maximum Gasteiger partial charge on any atom is 0.325 e. The lowest BCUT2D eigenvalue weighted by Gasteiger charge is -2.40. The molecule has 8 nitrogen and oxygen atoms in total. The van der Waals surface area contributed by atoms with Crippen molar-refractivity contribution >= 4 is 11.8 Å². The van der Waals surface area contributed by atoms with Crippen LogP contribution in [0.5, 0.6) is 0 Å². The molecule has 0 saturated carbocycles. The van der Waals surface area contributed by atoms with Gasteiger partial charge >= 0.3 is 6.03 Å². The molecule has 2 rings (SSSR count). The largest absolute Gasteiger partial charge is 0.388 e. The van der Waals surface area contributed by atoms with Gasteiger partial charge in [0.2, 0.25) is 5.66 Å². The van der Waals surface area contributed by atoms with E-state index in [1.54, 1.807) is 20.8 Å². The number of nitrogens with two attached hydrogens (primary N) is 1. The minimum atomic E-state index is -2.28. The van der Waals surface area contributed by atoms with Crippen molar-refractivity contribution in [2.75, 3.05) is 0 Å². The highest BCUT2D eigenvalue weighted by molar-refractivity contribution is 5.99. The third-order valence-electron chi connectivity index (χ3n) is 3.96. The van der Waals surface area contributed by atoms with Gasteiger partial charge in [0, 0.05) is 11.6 Å². The summed E-state index contributed by atoms with van der Waals surface area (Å²) in [6, 6.07) is -0.906. The monoisotopic (exact) mass is 331 g/mol. The number of nitrogens with zero attached hydrogens (tertiary/aromatic N) is 1. The van der Waals surface area contributed by atoms with E-state index in [1.807, 2.05) is 0 Å². The van der Waals surface area contributed by atoms with Crippen molar-refractivity contribution in [3.63, 3.8) is 0 Å². The average Bonchev–Trinajstić information content (AvgIpc) is 2.68. The van der Waals surface area contributed by atoms with E-state index in [0.29, 0.717) is 0 Å². The zero-order valence-corrected chi connectivity index (χ0v) is 13.4. The highest BCUT2D eigenvalue weighted by Gasteiger charge is 2.52. The first-order chi connectivity index (χ1) is 10.4. The van der Waals surface area contributed by atoms with E-state index in [4.69, 9.17) is 10.5 Å². The van der Waals surface area contributed by atoms with E-state index in [2.05, 4.69) is 5.32 Å². The van der Waals surface area contributed by atoms with Crippen LogP contribution in [0.2, 0.25) is 0 Å². The van der Waals surface area contributed by atoms with E-state index in [9.17, 15) is 24.2 Å². The van der Waals surface area contributed by atoms with Crippen LogP contribution in [0, 0.1) is 5.41 Å². The van der Waals surface area contributed by atoms with Crippen molar-refractivity contribution in [3.05, 3.63) is 12.0 Å². The molecular formula is C14H22FN3O5. The molecule has 1 unspecified atom stereocenters. The second-order valence-electron chi connectivity index (χ2n) is 6.91. The maximum absolute atomic E-state index is 14.5. The summed E-state index contributed by atoms with van der Waals surface area (Å²) in [4.78, 5) is 25.3. The van der Waals surface area contributed by atoms with Crippen LogP contribution in [0.15, 0.2) is 12.0 Å². The number of carbonyl (C=O) groups is 2. The van der Waals surface area contributed by atoms with E-state index in [1.165, 1.54) is 6.92 Å². The molecule has 0 aromatic carbocycles. The summed E-state index contributed by atoms with van der Waals surface area (Å²) in [7, 11) is 0. The van der Waals surface area contributed by atoms with Crippen LogP contribution in [0.1, 0.15) is 27.7 Å². The Morgan fingerprint density at radius 3 is 2.43 bits per heavy atom. The first-order valence-corrected chi connectivity index (χ1v) is 7.23. The van der Waals surface area contributed by atoms with Crippen molar-refractivity contribution < 1.29 is 28.9 Å². The van der Waals surface area contributed by atoms with Crippen LogP contribution >= 0.6 is 0 Å². The fraction of sp³-hybridized carbons (Fsp3) is 0.714. The molecule has 2 heterocycles. The predicted molar refractivity (Wildman–Crippen MR) is 77.3 cm³/mol. The molecular weight excluding hydrogens is 309 g/mol. The molecule has 1 fully saturated rings. The van der Waals surface area contributed by atoms with Gasteiger partial charge in [-0.25, -0.2) is 9.18 Å². The fourth-order valence-corrected chi connectivity index (χ4v) is 2.58. The molecule has 23 heavy (non-hydrogen) atoms. The molecule has 0 aliphatic carbocycles. The van der Waals surface area contributed by atoms with Gasteiger partial charge in [0.05, 0.1) is 6.10 Å². The number of Topliss-reactive ketones (excluding diaryl/α,β-unsaturated/α-hetero) is 1. The highest BCUT2D eigenvalue weighted by Crippen LogP contribution is 2.32. The van der Waals surface area contributed by atoms with Gasteiger partial charge in [0.15, 0.2) is 17.8 Å². The van der Waals surface area contributed by atoms with Gasteiger partial charge in [0.1, 0.15) is 12.2 Å². The van der Waals surface area contributed by atoms with Crippen LogP contribution in [-0.2, 0) is 9.53 Å². The van der Waals surface area contributed by atoms with E-state index >= 15 is 0 Å². The number of halogens is 1. The molecule has 2 aliphatic heterocycles. The van der Waals surface area contributed by atoms with Crippen molar-refractivity contribution in [3.8, 4) is 0 Å². The predicted octanol–water partition coefficient (Wildman–Crippen LogP) is -0.441. The number of urea groups is 1. The minimum absolute atomic E-state index is 0.701. The Bertz CT molecular complexity index is 561. The Morgan fingerprint density at radius 2 is 2.00 bits per heavy atom. The number of amides is 2. The normalized spacial score (nSPS) is 38.3. The molecule has 5 atom stereocenters. The number of hydrogen-bond donors (Lipinski definition) is 4. The number of rotatable bonds is 2. The Kier molecular flexibility index (Phi) is 4.27. The van der Waals surface area contributed by atoms with Gasteiger partial charge in [-0.15, -0.1) is 0 Å². The molecule has 2 amide bonds. The maximum atomic E-state index is 14.5. The SMILES string of the molecule is C[C@H]1O[C@@H](N2C=C(F)C(N)(C(=O)C(C)(C)C)NC2=O)[C@H](O)[C@@H]1O. The summed E-state index contributed by atoms with van der Waals surface area (Å²) in [5, 5.41) is 21.7. The summed E-state index contributed by atoms with van der Waals surface area (Å²) in [5.41, 5.74) is 2.51. The van der Waals surface area contributed by atoms with Crippen LogP contribution < -0.4 is 11.1 Å². The molecule has 9 heteroatoms. The van der Waals surface area contributed by atoms with Gasteiger partial charge in [0.25, 0.3) is 0 Å². The number of carbonyl (C=O) groups excluding carboxylic acids is 2. The number of hydrogen-bond acceptors (Lipinski definition) is 6. The standard InChI is InChI=1S/C14H22FN3O5/c1-6-8(19)9(20)10(23-6)18-5-7(15)14(16,17-12(18)22)11(21)13(2,3)4/h5-6,8-10,19-20H,16H2,1-4H3,(H,17,22)/t6-,8-,9-,10-,14?/m1/s1. The molecule has 0 bridgehead atoms. The minimum Gasteiger partial charge on any atom is -0.388 e. The van der Waals surface area contributed by atoms with Gasteiger partial charge in [-0.1, -0.05) is 20.8 Å². The van der Waals surface area contributed by atoms with Gasteiger partial charge in [-0.3, -0.25) is 15.4 Å². The summed E-state index contributed by atoms with van der Waals surface area (Å²) in [6.45, 7) is 6.17. The molecule has 2 aliphatic rings. The molecule has 5 N–H and O–H groups in total. The molecule has 0 aromatic rings. The Labute approximate surface area is 133 Å². The topological polar surface area (TPSA) is 125 Å². The molecule has 1 saturated heterocycles. The Balaban J connectivity index is 2.33. The number of aliphatic hydroxyl groups is 2. The van der Waals surface area contributed by atoms with Crippen molar-refractivity contribution in [1.82, 2.24) is 10.2 Å². The molecule has 0 radical (unpaired) electrons. The third-order valence-corrected chi connectivity index (χ3v) is 3.96. The third kappa shape index (κ3) is 2.85. The molecule has 0 spiro atoms. The first kappa shape index (κ1) is 17.8. The smallest absolute Gasteiger partial charge is 0.325 e. The zero-order valence-electron chi connectivity index (χ0n) is 13.4. The van der Waals surface area contributed by atoms with Crippen molar-refractivity contribution in [2.24, 2.45) is 11.1 Å². The highest BCUT2D eigenvalue weighted by atomic mass is 19.1. The quantitative estimate of drug-likeness (QED) is 0.544. The second kappa shape index (κ2) is 5.52. The summed E-state index contributed by atoms with van der Waals surface area (Å²) >= 11 is 0. The van der Waals surface area contributed by atoms with Crippen molar-refractivity contribution in [2.45, 2.75) is 57.9 Å². The lowest BCUT2D eigenvalue weighted by molar-refractivity contribution is -0.132. The summed E-state index contributed by atoms with van der Waals surface area (Å²) in [5.74, 6) is -1.78. The first-order valence-electron chi connectivity index (χ1n) is 7.23. The Hall–Kier alpha value is -1.55. The van der Waals surface area contributed by atoms with E-state index < -0.39 is 53.3 Å². The Morgan fingerprint density at radius 1 is 1.43 bits per heavy atom. The number of ether oxygens (including phenoxy) is 1. The van der Waals surface area contributed by atoms with E-state index in [-0.39, 0.29) is 0 Å². The summed E-state index contributed by atoms with van der Waals surface area (Å²) < 4.78 is 19.7. The number of nitrogens with one attached hydrogen (secondary N) is 1. The zero-order chi connectivity index (χ0) is 17.7. The van der Waals surface area contributed by atoms with Crippen LogP contribution in [0.4, 0.5) is 9.18 Å². The molecule has 130 valence electrons. The number of aliphatic hydroxyl groups excluding tert-OH is 2. The van der Waals surface area contributed by atoms with E-state index in [0.717, 1.165) is 11.1 Å². The van der Waals surface area contributed by atoms with Gasteiger partial charge in [-0.2, -0.15) is 0 Å². The second-order valence-corrected chi connectivity index (χ2v) is 6.91. The average molecular weight is 331 g/mol. The lowest BCUT2D eigenvalue weighted by Crippen LogP contribution is -2.69. The molecule has 0 aromatic heterocycles. The number of ketones is 1. The van der Waals surface area contributed by atoms with Crippen molar-refractivity contribution in [1.29, 1.82) is 0 Å². The fourth-order valence-electron chi connectivity index (χ4n) is 2.58. The van der Waals surface area contributed by atoms with Crippen LogP contribution in [0.25, 0.3) is 0 Å². The van der Waals surface area contributed by atoms with Gasteiger partial charge in [-0.05, 0) is 6.92 Å². The summed E-state index contributed by atoms with van der Waals surface area (Å²) in [6.07, 6.45) is -3.92. The lowest BCUT2D eigenvalue weighted by atomic mass is 9.82.